The fourth-order valence-corrected chi connectivity index (χ4v) is 5.00. The molecule has 0 saturated carbocycles. The van der Waals surface area contributed by atoms with E-state index in [9.17, 15) is 9.59 Å². The topological polar surface area (TPSA) is 56.0 Å². The van der Waals surface area contributed by atoms with Gasteiger partial charge in [-0.1, -0.05) is 62.9 Å². The van der Waals surface area contributed by atoms with Gasteiger partial charge in [-0.2, -0.15) is 0 Å². The Labute approximate surface area is 204 Å². The van der Waals surface area contributed by atoms with E-state index in [-0.39, 0.29) is 17.0 Å². The largest absolute Gasteiger partial charge is 0.329 e. The number of carbonyl (C=O) groups excluding carboxylic acids is 1. The van der Waals surface area contributed by atoms with Crippen molar-refractivity contribution in [3.05, 3.63) is 88.3 Å². The lowest BCUT2D eigenvalue weighted by molar-refractivity contribution is 0.102. The fourth-order valence-electron chi connectivity index (χ4n) is 4.07. The van der Waals surface area contributed by atoms with E-state index in [1.54, 1.807) is 20.9 Å². The van der Waals surface area contributed by atoms with Crippen LogP contribution in [0.1, 0.15) is 50.5 Å². The van der Waals surface area contributed by atoms with Crippen LogP contribution >= 0.6 is 11.8 Å². The summed E-state index contributed by atoms with van der Waals surface area (Å²) in [5.41, 5.74) is 4.17. The van der Waals surface area contributed by atoms with Gasteiger partial charge in [0, 0.05) is 28.4 Å². The molecule has 1 amide bonds. The van der Waals surface area contributed by atoms with Crippen molar-refractivity contribution in [2.75, 3.05) is 5.32 Å². The predicted molar refractivity (Wildman–Crippen MR) is 141 cm³/mol. The van der Waals surface area contributed by atoms with E-state index < -0.39 is 0 Å². The van der Waals surface area contributed by atoms with E-state index in [4.69, 9.17) is 0 Å². The fraction of sp³-hybridized carbons (Fsp3) is 0.286. The lowest BCUT2D eigenvalue weighted by Gasteiger charge is -2.19. The SMILES string of the molecule is CCn1c(=O)n(CC)c2cc(Sc3ccccc3)c(NC(=O)c3ccc(C(C)(C)C)cc3)cc21. The minimum absolute atomic E-state index is 0.0236. The Morgan fingerprint density at radius 2 is 1.47 bits per heavy atom. The zero-order valence-corrected chi connectivity index (χ0v) is 21.2. The summed E-state index contributed by atoms with van der Waals surface area (Å²) in [6, 6.07) is 21.7. The number of aromatic nitrogens is 2. The summed E-state index contributed by atoms with van der Waals surface area (Å²) in [7, 11) is 0. The zero-order valence-electron chi connectivity index (χ0n) is 20.4. The molecule has 0 aliphatic heterocycles. The Kier molecular flexibility index (Phi) is 6.71. The molecular weight excluding hydrogens is 442 g/mol. The number of hydrogen-bond acceptors (Lipinski definition) is 3. The van der Waals surface area contributed by atoms with Crippen molar-refractivity contribution >= 4 is 34.4 Å². The molecule has 0 bridgehead atoms. The van der Waals surface area contributed by atoms with Crippen LogP contribution in [0.15, 0.2) is 81.3 Å². The predicted octanol–water partition coefficient (Wildman–Crippen LogP) is 6.54. The summed E-state index contributed by atoms with van der Waals surface area (Å²) in [5, 5.41) is 3.11. The maximum absolute atomic E-state index is 13.2. The number of hydrogen-bond donors (Lipinski definition) is 1. The molecule has 5 nitrogen and oxygen atoms in total. The molecule has 4 rings (SSSR count). The van der Waals surface area contributed by atoms with Crippen molar-refractivity contribution in [2.24, 2.45) is 0 Å². The second kappa shape index (κ2) is 9.55. The number of carbonyl (C=O) groups is 1. The number of aryl methyl sites for hydroxylation is 2. The first-order valence-electron chi connectivity index (χ1n) is 11.6. The third kappa shape index (κ3) is 4.68. The Bertz CT molecular complexity index is 1380. The number of amides is 1. The van der Waals surface area contributed by atoms with Crippen molar-refractivity contribution < 1.29 is 4.79 Å². The van der Waals surface area contributed by atoms with Crippen LogP contribution in [-0.2, 0) is 18.5 Å². The molecule has 0 atom stereocenters. The van der Waals surface area contributed by atoms with Gasteiger partial charge in [0.05, 0.1) is 16.7 Å². The summed E-state index contributed by atoms with van der Waals surface area (Å²) in [5.74, 6) is -0.171. The Balaban J connectivity index is 1.78. The Morgan fingerprint density at radius 3 is 2.03 bits per heavy atom. The maximum atomic E-state index is 13.2. The summed E-state index contributed by atoms with van der Waals surface area (Å²) >= 11 is 1.57. The van der Waals surface area contributed by atoms with Gasteiger partial charge in [0.1, 0.15) is 0 Å². The highest BCUT2D eigenvalue weighted by molar-refractivity contribution is 7.99. The van der Waals surface area contributed by atoms with Gasteiger partial charge in [-0.05, 0) is 61.2 Å². The third-order valence-electron chi connectivity index (χ3n) is 5.98. The first-order valence-corrected chi connectivity index (χ1v) is 12.5. The van der Waals surface area contributed by atoms with Crippen LogP contribution in [0.2, 0.25) is 0 Å². The average Bonchev–Trinajstić information content (AvgIpc) is 3.08. The van der Waals surface area contributed by atoms with Gasteiger partial charge in [-0.15, -0.1) is 0 Å². The van der Waals surface area contributed by atoms with Crippen LogP contribution < -0.4 is 11.0 Å². The van der Waals surface area contributed by atoms with Gasteiger partial charge in [-0.3, -0.25) is 13.9 Å². The number of nitrogens with zero attached hydrogens (tertiary/aromatic N) is 2. The summed E-state index contributed by atoms with van der Waals surface area (Å²) in [6.45, 7) is 11.5. The molecule has 0 fully saturated rings. The molecule has 34 heavy (non-hydrogen) atoms. The van der Waals surface area contributed by atoms with E-state index in [0.717, 1.165) is 20.8 Å². The van der Waals surface area contributed by atoms with E-state index in [1.165, 1.54) is 5.56 Å². The van der Waals surface area contributed by atoms with Crippen LogP contribution in [-0.4, -0.2) is 15.0 Å². The molecule has 0 aliphatic carbocycles. The molecule has 0 aliphatic rings. The normalized spacial score (nSPS) is 11.7. The molecule has 3 aromatic carbocycles. The van der Waals surface area contributed by atoms with Crippen LogP contribution in [0, 0.1) is 0 Å². The molecule has 1 heterocycles. The van der Waals surface area contributed by atoms with Gasteiger partial charge in [0.25, 0.3) is 5.91 Å². The standard InChI is InChI=1S/C28H31N3O2S/c1-6-30-23-17-22(29-26(32)19-13-15-20(16-14-19)28(3,4)5)25(34-21-11-9-8-10-12-21)18-24(23)31(7-2)27(30)33/h8-18H,6-7H2,1-5H3,(H,29,32). The Morgan fingerprint density at radius 1 is 0.882 bits per heavy atom. The zero-order chi connectivity index (χ0) is 24.5. The molecule has 4 aromatic rings. The highest BCUT2D eigenvalue weighted by atomic mass is 32.2. The van der Waals surface area contributed by atoms with E-state index in [0.29, 0.717) is 24.3 Å². The van der Waals surface area contributed by atoms with E-state index >= 15 is 0 Å². The third-order valence-corrected chi connectivity index (χ3v) is 7.05. The molecule has 6 heteroatoms. The molecular formula is C28H31N3O2S. The van der Waals surface area contributed by atoms with Crippen LogP contribution in [0.25, 0.3) is 11.0 Å². The Hall–Kier alpha value is -3.25. The van der Waals surface area contributed by atoms with Gasteiger partial charge in [-0.25, -0.2) is 4.79 Å². The van der Waals surface area contributed by atoms with Crippen molar-refractivity contribution in [1.82, 2.24) is 9.13 Å². The van der Waals surface area contributed by atoms with Crippen LogP contribution in [0.5, 0.6) is 0 Å². The van der Waals surface area contributed by atoms with Crippen molar-refractivity contribution in [1.29, 1.82) is 0 Å². The lowest BCUT2D eigenvalue weighted by atomic mass is 9.87. The molecule has 0 radical (unpaired) electrons. The quantitative estimate of drug-likeness (QED) is 0.346. The first-order chi connectivity index (χ1) is 16.2. The van der Waals surface area contributed by atoms with E-state index in [2.05, 4.69) is 26.1 Å². The molecule has 0 spiro atoms. The molecule has 1 aromatic heterocycles. The second-order valence-corrected chi connectivity index (χ2v) is 10.4. The summed E-state index contributed by atoms with van der Waals surface area (Å²) < 4.78 is 3.54. The smallest absolute Gasteiger partial charge is 0.321 e. The van der Waals surface area contributed by atoms with E-state index in [1.807, 2.05) is 80.6 Å². The molecule has 176 valence electrons. The number of rotatable bonds is 6. The van der Waals surface area contributed by atoms with Crippen molar-refractivity contribution in [2.45, 2.75) is 62.9 Å². The second-order valence-electron chi connectivity index (χ2n) is 9.30. The molecule has 0 saturated heterocycles. The number of imidazole rings is 1. The van der Waals surface area contributed by atoms with Gasteiger partial charge in [0.2, 0.25) is 0 Å². The number of benzene rings is 3. The number of nitrogens with one attached hydrogen (secondary N) is 1. The number of anilines is 1. The first kappa shape index (κ1) is 23.9. The monoisotopic (exact) mass is 473 g/mol. The summed E-state index contributed by atoms with van der Waals surface area (Å²) in [4.78, 5) is 28.1. The average molecular weight is 474 g/mol. The minimum atomic E-state index is -0.171. The summed E-state index contributed by atoms with van der Waals surface area (Å²) in [6.07, 6.45) is 0. The van der Waals surface area contributed by atoms with Gasteiger partial charge in [0.15, 0.2) is 0 Å². The minimum Gasteiger partial charge on any atom is -0.321 e. The molecule has 0 unspecified atom stereocenters. The van der Waals surface area contributed by atoms with Crippen molar-refractivity contribution in [3.63, 3.8) is 0 Å². The molecule has 1 N–H and O–H groups in total. The van der Waals surface area contributed by atoms with Crippen molar-refractivity contribution in [3.8, 4) is 0 Å². The highest BCUT2D eigenvalue weighted by Gasteiger charge is 2.18. The lowest BCUT2D eigenvalue weighted by Crippen LogP contribution is -2.23. The van der Waals surface area contributed by atoms with Crippen LogP contribution in [0.3, 0.4) is 0 Å². The van der Waals surface area contributed by atoms with Gasteiger partial charge < -0.3 is 5.32 Å². The highest BCUT2D eigenvalue weighted by Crippen LogP contribution is 2.37. The number of fused-ring (bicyclic) bond motifs is 1. The van der Waals surface area contributed by atoms with Gasteiger partial charge >= 0.3 is 5.69 Å². The maximum Gasteiger partial charge on any atom is 0.329 e. The van der Waals surface area contributed by atoms with Crippen LogP contribution in [0.4, 0.5) is 5.69 Å².